The SMILES string of the molecule is CC(=O)N1CCn2c(-c3cnn(C)c3)cnc2C12CCN(Cc1ccsc1)CC2.O=C(O)C(F)(F)F.O=C(O)C(F)(F)F. The van der Waals surface area contributed by atoms with Crippen LogP contribution in [0.3, 0.4) is 0 Å². The topological polar surface area (TPSA) is 134 Å². The van der Waals surface area contributed by atoms with E-state index in [-0.39, 0.29) is 11.4 Å². The molecule has 0 saturated carbocycles. The number of nitrogens with zero attached hydrogens (tertiary/aromatic N) is 6. The molecule has 2 N–H and O–H groups in total. The van der Waals surface area contributed by atoms with Gasteiger partial charge < -0.3 is 19.7 Å². The van der Waals surface area contributed by atoms with Crippen molar-refractivity contribution in [3.8, 4) is 11.3 Å². The molecule has 18 heteroatoms. The smallest absolute Gasteiger partial charge is 0.475 e. The van der Waals surface area contributed by atoms with Crippen molar-refractivity contribution < 1.29 is 50.9 Å². The van der Waals surface area contributed by atoms with E-state index >= 15 is 0 Å². The van der Waals surface area contributed by atoms with Gasteiger partial charge >= 0.3 is 24.3 Å². The van der Waals surface area contributed by atoms with Gasteiger partial charge in [0, 0.05) is 58.5 Å². The molecule has 5 heterocycles. The van der Waals surface area contributed by atoms with Crippen molar-refractivity contribution in [1.82, 2.24) is 29.1 Å². The number of imidazole rings is 1. The number of likely N-dealkylation sites (tertiary alicyclic amines) is 1. The van der Waals surface area contributed by atoms with Crippen LogP contribution in [-0.2, 0) is 40.1 Å². The zero-order chi connectivity index (χ0) is 32.2. The third-order valence-electron chi connectivity index (χ3n) is 6.87. The Kier molecular flexibility index (Phi) is 10.3. The van der Waals surface area contributed by atoms with Crippen LogP contribution in [0.15, 0.2) is 35.4 Å². The second kappa shape index (κ2) is 13.2. The molecular weight excluding hydrogens is 610 g/mol. The summed E-state index contributed by atoms with van der Waals surface area (Å²) in [4.78, 5) is 39.8. The van der Waals surface area contributed by atoms with Crippen LogP contribution < -0.4 is 0 Å². The van der Waals surface area contributed by atoms with Crippen molar-refractivity contribution in [3.63, 3.8) is 0 Å². The Balaban J connectivity index is 0.000000303. The molecule has 236 valence electrons. The predicted molar refractivity (Wildman–Crippen MR) is 140 cm³/mol. The Bertz CT molecular complexity index is 1390. The molecule has 0 atom stereocenters. The average Bonchev–Trinajstić information content (AvgIpc) is 3.66. The number of amides is 1. The van der Waals surface area contributed by atoms with Gasteiger partial charge in [-0.3, -0.25) is 14.4 Å². The van der Waals surface area contributed by atoms with E-state index in [0.717, 1.165) is 62.6 Å². The highest BCUT2D eigenvalue weighted by Gasteiger charge is 2.48. The number of fused-ring (bicyclic) bond motifs is 2. The van der Waals surface area contributed by atoms with Gasteiger partial charge in [-0.2, -0.15) is 42.8 Å². The number of carbonyl (C=O) groups excluding carboxylic acids is 1. The second-order valence-corrected chi connectivity index (χ2v) is 10.5. The van der Waals surface area contributed by atoms with Crippen LogP contribution in [0.1, 0.15) is 31.2 Å². The number of alkyl halides is 6. The first-order valence-electron chi connectivity index (χ1n) is 12.6. The maximum absolute atomic E-state index is 12.6. The van der Waals surface area contributed by atoms with Crippen LogP contribution in [0.5, 0.6) is 0 Å². The molecule has 2 aliphatic heterocycles. The fourth-order valence-electron chi connectivity index (χ4n) is 4.97. The highest BCUT2D eigenvalue weighted by molar-refractivity contribution is 7.07. The van der Waals surface area contributed by atoms with Gasteiger partial charge in [-0.05, 0) is 35.2 Å². The van der Waals surface area contributed by atoms with Crippen LogP contribution in [0.25, 0.3) is 11.3 Å². The van der Waals surface area contributed by atoms with E-state index in [2.05, 4.69) is 36.3 Å². The summed E-state index contributed by atoms with van der Waals surface area (Å²) in [6.07, 6.45) is -2.47. The number of halogens is 6. The minimum absolute atomic E-state index is 0.147. The molecule has 1 saturated heterocycles. The largest absolute Gasteiger partial charge is 0.490 e. The van der Waals surface area contributed by atoms with Crippen molar-refractivity contribution in [2.45, 2.75) is 50.7 Å². The van der Waals surface area contributed by atoms with Crippen LogP contribution >= 0.6 is 11.3 Å². The van der Waals surface area contributed by atoms with Gasteiger partial charge in [0.25, 0.3) is 0 Å². The van der Waals surface area contributed by atoms with Crippen LogP contribution in [0, 0.1) is 0 Å². The first-order valence-corrected chi connectivity index (χ1v) is 13.6. The zero-order valence-corrected chi connectivity index (χ0v) is 23.7. The third-order valence-corrected chi connectivity index (χ3v) is 7.60. The number of rotatable bonds is 3. The summed E-state index contributed by atoms with van der Waals surface area (Å²) in [5.41, 5.74) is 3.23. The van der Waals surface area contributed by atoms with Crippen molar-refractivity contribution in [3.05, 3.63) is 46.8 Å². The monoisotopic (exact) mass is 638 g/mol. The average molecular weight is 639 g/mol. The van der Waals surface area contributed by atoms with Gasteiger partial charge in [0.1, 0.15) is 11.4 Å². The van der Waals surface area contributed by atoms with Crippen molar-refractivity contribution in [2.24, 2.45) is 7.05 Å². The Morgan fingerprint density at radius 1 is 0.977 bits per heavy atom. The Morgan fingerprint density at radius 2 is 1.56 bits per heavy atom. The van der Waals surface area contributed by atoms with Gasteiger partial charge in [0.05, 0.1) is 18.1 Å². The van der Waals surface area contributed by atoms with Crippen molar-refractivity contribution in [2.75, 3.05) is 19.6 Å². The summed E-state index contributed by atoms with van der Waals surface area (Å²) in [6.45, 7) is 6.12. The maximum Gasteiger partial charge on any atom is 0.490 e. The molecule has 0 unspecified atom stereocenters. The number of thiophene rings is 1. The third kappa shape index (κ3) is 8.13. The van der Waals surface area contributed by atoms with E-state index < -0.39 is 24.3 Å². The molecule has 1 spiro atoms. The van der Waals surface area contributed by atoms with Gasteiger partial charge in [0.15, 0.2) is 0 Å². The molecule has 11 nitrogen and oxygen atoms in total. The molecule has 43 heavy (non-hydrogen) atoms. The molecule has 0 aliphatic carbocycles. The lowest BCUT2D eigenvalue weighted by Crippen LogP contribution is -2.59. The Morgan fingerprint density at radius 3 is 2.00 bits per heavy atom. The molecule has 3 aromatic heterocycles. The van der Waals surface area contributed by atoms with Crippen LogP contribution in [0.2, 0.25) is 0 Å². The predicted octanol–water partition coefficient (Wildman–Crippen LogP) is 3.97. The minimum atomic E-state index is -5.08. The summed E-state index contributed by atoms with van der Waals surface area (Å²) in [6, 6.07) is 2.20. The summed E-state index contributed by atoms with van der Waals surface area (Å²) in [5, 5.41) is 22.9. The fourth-order valence-corrected chi connectivity index (χ4v) is 5.63. The van der Waals surface area contributed by atoms with Crippen molar-refractivity contribution >= 4 is 29.2 Å². The summed E-state index contributed by atoms with van der Waals surface area (Å²) in [5.74, 6) is -4.33. The molecule has 0 bridgehead atoms. The van der Waals surface area contributed by atoms with Gasteiger partial charge in [-0.25, -0.2) is 14.6 Å². The number of aliphatic carboxylic acids is 2. The van der Waals surface area contributed by atoms with E-state index in [0.29, 0.717) is 0 Å². The van der Waals surface area contributed by atoms with Gasteiger partial charge in [0.2, 0.25) is 5.91 Å². The lowest BCUT2D eigenvalue weighted by molar-refractivity contribution is -0.193. The van der Waals surface area contributed by atoms with E-state index in [1.165, 1.54) is 5.56 Å². The maximum atomic E-state index is 12.6. The first-order chi connectivity index (χ1) is 20.0. The number of hydrogen-bond acceptors (Lipinski definition) is 7. The molecule has 0 aromatic carbocycles. The molecule has 1 fully saturated rings. The molecule has 1 amide bonds. The van der Waals surface area contributed by atoms with E-state index in [9.17, 15) is 31.1 Å². The van der Waals surface area contributed by atoms with E-state index in [1.54, 1.807) is 18.3 Å². The number of piperidine rings is 1. The minimum Gasteiger partial charge on any atom is -0.475 e. The molecule has 0 radical (unpaired) electrons. The number of carboxylic acids is 2. The highest BCUT2D eigenvalue weighted by atomic mass is 32.1. The Hall–Kier alpha value is -3.93. The van der Waals surface area contributed by atoms with Crippen LogP contribution in [0.4, 0.5) is 26.3 Å². The highest BCUT2D eigenvalue weighted by Crippen LogP contribution is 2.42. The lowest BCUT2D eigenvalue weighted by Gasteiger charge is -2.50. The van der Waals surface area contributed by atoms with E-state index in [1.807, 2.05) is 30.3 Å². The van der Waals surface area contributed by atoms with Gasteiger partial charge in [-0.1, -0.05) is 0 Å². The van der Waals surface area contributed by atoms with Gasteiger partial charge in [-0.15, -0.1) is 0 Å². The number of aryl methyl sites for hydroxylation is 1. The second-order valence-electron chi connectivity index (χ2n) is 9.74. The quantitative estimate of drug-likeness (QED) is 0.412. The van der Waals surface area contributed by atoms with E-state index in [4.69, 9.17) is 24.8 Å². The summed E-state index contributed by atoms with van der Waals surface area (Å²) < 4.78 is 67.6. The molecule has 2 aliphatic rings. The number of aromatic nitrogens is 4. The fraction of sp³-hybridized carbons (Fsp3) is 0.480. The number of carbonyl (C=O) groups is 3. The van der Waals surface area contributed by atoms with Crippen molar-refractivity contribution in [1.29, 1.82) is 0 Å². The molecular formula is C25H28F6N6O5S. The lowest BCUT2D eigenvalue weighted by atomic mass is 9.83. The normalized spacial score (nSPS) is 16.4. The number of hydrogen-bond donors (Lipinski definition) is 2. The standard InChI is InChI=1S/C21H26N6OS.2C2HF3O2/c1-16(28)27-9-8-26-19(18-11-23-24(2)14-18)12-22-20(26)21(27)4-6-25(7-5-21)13-17-3-10-29-15-17;2*3-2(4,5)1(6)7/h3,10-12,14-15H,4-9,13H2,1-2H3;2*(H,6,7). The summed E-state index contributed by atoms with van der Waals surface area (Å²) >= 11 is 1.75. The number of carboxylic acid groups (broad SMARTS) is 2. The van der Waals surface area contributed by atoms with Crippen LogP contribution in [-0.4, -0.2) is 89.2 Å². The zero-order valence-electron chi connectivity index (χ0n) is 22.9. The Labute approximate surface area is 244 Å². The summed E-state index contributed by atoms with van der Waals surface area (Å²) in [7, 11) is 1.93. The molecule has 5 rings (SSSR count). The molecule has 3 aromatic rings. The first kappa shape index (κ1) is 33.6.